The van der Waals surface area contributed by atoms with Gasteiger partial charge in [0, 0.05) is 11.4 Å². The topological polar surface area (TPSA) is 84.9 Å². The second-order valence-electron chi connectivity index (χ2n) is 9.50. The average Bonchev–Trinajstić information content (AvgIpc) is 3.61. The number of rotatable bonds is 11. The standard InChI is InChI=1S/C26H34FN3OS/c1-18(2)7-8-19(3)32(31)30-26(14-13-20-9-10-20,22-6-4-5-21(15-22)17-28)23-11-12-24(27)25(29)16-23/h4-6,11-12,15-16,18-20,30H,7-10,13-14,29H2,1-3H3/t19?,26?,32-/m1/s1. The van der Waals surface area contributed by atoms with Crippen molar-refractivity contribution in [2.75, 3.05) is 5.73 Å². The molecule has 2 aromatic carbocycles. The summed E-state index contributed by atoms with van der Waals surface area (Å²) in [6.45, 7) is 6.33. The molecular weight excluding hydrogens is 421 g/mol. The summed E-state index contributed by atoms with van der Waals surface area (Å²) >= 11 is -1.33. The smallest absolute Gasteiger partial charge is 0.146 e. The van der Waals surface area contributed by atoms with E-state index >= 15 is 0 Å². The molecule has 2 aromatic rings. The minimum Gasteiger partial charge on any atom is -0.598 e. The van der Waals surface area contributed by atoms with E-state index in [-0.39, 0.29) is 10.9 Å². The monoisotopic (exact) mass is 455 g/mol. The van der Waals surface area contributed by atoms with Gasteiger partial charge < -0.3 is 10.3 Å². The molecule has 0 heterocycles. The fraction of sp³-hybridized carbons (Fsp3) is 0.500. The molecule has 3 atom stereocenters. The maximum atomic E-state index is 14.1. The van der Waals surface area contributed by atoms with Gasteiger partial charge in [0.1, 0.15) is 16.6 Å². The van der Waals surface area contributed by atoms with Gasteiger partial charge in [-0.25, -0.2) is 4.39 Å². The van der Waals surface area contributed by atoms with Crippen LogP contribution in [0.3, 0.4) is 0 Å². The molecule has 172 valence electrons. The van der Waals surface area contributed by atoms with Gasteiger partial charge >= 0.3 is 0 Å². The zero-order valence-electron chi connectivity index (χ0n) is 19.2. The Bertz CT molecular complexity index is 956. The van der Waals surface area contributed by atoms with Crippen molar-refractivity contribution in [1.82, 2.24) is 4.72 Å². The number of nitrogens with one attached hydrogen (secondary N) is 1. The summed E-state index contributed by atoms with van der Waals surface area (Å²) in [7, 11) is 0. The molecule has 1 aliphatic carbocycles. The summed E-state index contributed by atoms with van der Waals surface area (Å²) in [6.07, 6.45) is 5.90. The van der Waals surface area contributed by atoms with Crippen LogP contribution in [0.1, 0.15) is 76.0 Å². The van der Waals surface area contributed by atoms with E-state index in [1.54, 1.807) is 18.2 Å². The van der Waals surface area contributed by atoms with E-state index in [0.717, 1.165) is 30.4 Å². The van der Waals surface area contributed by atoms with Gasteiger partial charge in [-0.2, -0.15) is 5.26 Å². The summed E-state index contributed by atoms with van der Waals surface area (Å²) in [6, 6.07) is 14.4. The molecule has 1 fully saturated rings. The Labute approximate surface area is 194 Å². The van der Waals surface area contributed by atoms with Gasteiger partial charge in [-0.15, -0.1) is 4.72 Å². The average molecular weight is 456 g/mol. The van der Waals surface area contributed by atoms with E-state index in [9.17, 15) is 14.2 Å². The third-order valence-electron chi connectivity index (χ3n) is 6.39. The highest BCUT2D eigenvalue weighted by molar-refractivity contribution is 7.90. The first kappa shape index (κ1) is 24.6. The lowest BCUT2D eigenvalue weighted by Gasteiger charge is -2.37. The van der Waals surface area contributed by atoms with Crippen LogP contribution in [0.2, 0.25) is 0 Å². The molecule has 2 unspecified atom stereocenters. The van der Waals surface area contributed by atoms with Crippen LogP contribution >= 0.6 is 0 Å². The summed E-state index contributed by atoms with van der Waals surface area (Å²) in [4.78, 5) is 0. The molecular formula is C26H34FN3OS. The summed E-state index contributed by atoms with van der Waals surface area (Å²) in [5.74, 6) is 0.722. The van der Waals surface area contributed by atoms with Crippen LogP contribution in [0.25, 0.3) is 0 Å². The highest BCUT2D eigenvalue weighted by atomic mass is 32.2. The zero-order valence-corrected chi connectivity index (χ0v) is 20.1. The number of nitrogen functional groups attached to an aromatic ring is 1. The summed E-state index contributed by atoms with van der Waals surface area (Å²) in [5.41, 5.74) is 7.36. The minimum atomic E-state index is -1.33. The maximum Gasteiger partial charge on any atom is 0.146 e. The van der Waals surface area contributed by atoms with E-state index in [1.807, 2.05) is 25.1 Å². The van der Waals surface area contributed by atoms with Crippen molar-refractivity contribution in [3.63, 3.8) is 0 Å². The van der Waals surface area contributed by atoms with Crippen LogP contribution < -0.4 is 10.5 Å². The lowest BCUT2D eigenvalue weighted by atomic mass is 9.79. The second-order valence-corrected chi connectivity index (χ2v) is 11.1. The molecule has 3 rings (SSSR count). The fourth-order valence-corrected chi connectivity index (χ4v) is 5.29. The number of hydrogen-bond acceptors (Lipinski definition) is 4. The van der Waals surface area contributed by atoms with Crippen LogP contribution in [0.15, 0.2) is 42.5 Å². The molecule has 1 aliphatic rings. The first-order valence-electron chi connectivity index (χ1n) is 11.5. The van der Waals surface area contributed by atoms with Gasteiger partial charge in [0.25, 0.3) is 0 Å². The summed E-state index contributed by atoms with van der Waals surface area (Å²) < 4.78 is 31.0. The number of nitriles is 1. The maximum absolute atomic E-state index is 14.1. The Morgan fingerprint density at radius 2 is 1.91 bits per heavy atom. The molecule has 1 saturated carbocycles. The third kappa shape index (κ3) is 6.04. The van der Waals surface area contributed by atoms with E-state index < -0.39 is 22.7 Å². The van der Waals surface area contributed by atoms with E-state index in [2.05, 4.69) is 24.6 Å². The van der Waals surface area contributed by atoms with E-state index in [1.165, 1.54) is 18.9 Å². The van der Waals surface area contributed by atoms with E-state index in [4.69, 9.17) is 5.73 Å². The highest BCUT2D eigenvalue weighted by Crippen LogP contribution is 2.42. The Morgan fingerprint density at radius 3 is 2.53 bits per heavy atom. The molecule has 0 saturated heterocycles. The van der Waals surface area contributed by atoms with Gasteiger partial charge in [-0.05, 0) is 79.8 Å². The van der Waals surface area contributed by atoms with Gasteiger partial charge in [0.05, 0.1) is 17.3 Å². The highest BCUT2D eigenvalue weighted by Gasteiger charge is 2.41. The Hall–Kier alpha value is -2.07. The number of benzene rings is 2. The van der Waals surface area contributed by atoms with Crippen LogP contribution in [-0.2, 0) is 16.9 Å². The molecule has 0 aliphatic heterocycles. The summed E-state index contributed by atoms with van der Waals surface area (Å²) in [5, 5.41) is 9.45. The number of anilines is 1. The number of halogens is 1. The van der Waals surface area contributed by atoms with Crippen molar-refractivity contribution < 1.29 is 8.94 Å². The van der Waals surface area contributed by atoms with Gasteiger partial charge in [-0.1, -0.05) is 44.9 Å². The van der Waals surface area contributed by atoms with E-state index in [0.29, 0.717) is 23.8 Å². The molecule has 0 spiro atoms. The first-order valence-corrected chi connectivity index (χ1v) is 12.7. The molecule has 0 bridgehead atoms. The lowest BCUT2D eigenvalue weighted by Crippen LogP contribution is -2.49. The second kappa shape index (κ2) is 10.7. The van der Waals surface area contributed by atoms with Crippen LogP contribution in [0, 0.1) is 29.0 Å². The predicted octanol–water partition coefficient (Wildman–Crippen LogP) is 5.79. The molecule has 0 radical (unpaired) electrons. The van der Waals surface area contributed by atoms with Crippen molar-refractivity contribution in [3.05, 3.63) is 65.0 Å². The normalized spacial score (nSPS) is 17.5. The van der Waals surface area contributed by atoms with Crippen molar-refractivity contribution >= 4 is 17.0 Å². The van der Waals surface area contributed by atoms with Crippen molar-refractivity contribution in [2.24, 2.45) is 11.8 Å². The molecule has 3 N–H and O–H groups in total. The van der Waals surface area contributed by atoms with Crippen molar-refractivity contribution in [3.8, 4) is 6.07 Å². The van der Waals surface area contributed by atoms with Crippen LogP contribution in [0.4, 0.5) is 10.1 Å². The quantitative estimate of drug-likeness (QED) is 0.332. The minimum absolute atomic E-state index is 0.0466. The molecule has 32 heavy (non-hydrogen) atoms. The number of nitrogens with two attached hydrogens (primary N) is 1. The molecule has 0 aromatic heterocycles. The molecule has 4 nitrogen and oxygen atoms in total. The third-order valence-corrected chi connectivity index (χ3v) is 7.90. The lowest BCUT2D eigenvalue weighted by molar-refractivity contribution is 0.403. The van der Waals surface area contributed by atoms with Crippen LogP contribution in [-0.4, -0.2) is 9.80 Å². The largest absolute Gasteiger partial charge is 0.598 e. The Kier molecular flexibility index (Phi) is 8.21. The van der Waals surface area contributed by atoms with Gasteiger partial charge in [0.2, 0.25) is 0 Å². The van der Waals surface area contributed by atoms with Crippen molar-refractivity contribution in [2.45, 2.75) is 70.1 Å². The Morgan fingerprint density at radius 1 is 1.19 bits per heavy atom. The van der Waals surface area contributed by atoms with Gasteiger partial charge in [0.15, 0.2) is 0 Å². The van der Waals surface area contributed by atoms with Crippen molar-refractivity contribution in [1.29, 1.82) is 5.26 Å². The SMILES string of the molecule is CC(C)CCC(C)[S@@+]([O-])NC(CCC1CC1)(c1cccc(C#N)c1)c1ccc(F)c(N)c1. The predicted molar refractivity (Wildman–Crippen MR) is 130 cm³/mol. The van der Waals surface area contributed by atoms with Crippen LogP contribution in [0.5, 0.6) is 0 Å². The zero-order chi connectivity index (χ0) is 23.3. The number of nitrogens with zero attached hydrogens (tertiary/aromatic N) is 1. The van der Waals surface area contributed by atoms with Gasteiger partial charge in [-0.3, -0.25) is 0 Å². The molecule has 6 heteroatoms. The molecule has 0 amide bonds. The fourth-order valence-electron chi connectivity index (χ4n) is 4.06. The number of hydrogen-bond donors (Lipinski definition) is 2. The first-order chi connectivity index (χ1) is 15.2. The Balaban J connectivity index is 2.06.